The number of unbranched alkanes of at least 4 members (excludes halogenated alkanes) is 1. The SMILES string of the molecule is CNCCCCN1CCN(c2cccc(NC(=O)C(C)C)c2)CC1. The maximum atomic E-state index is 11.9. The summed E-state index contributed by atoms with van der Waals surface area (Å²) in [5, 5.41) is 6.19. The minimum absolute atomic E-state index is 0.000101. The Balaban J connectivity index is 1.82. The number of nitrogens with zero attached hydrogens (tertiary/aromatic N) is 2. The molecule has 1 aromatic carbocycles. The van der Waals surface area contributed by atoms with E-state index in [2.05, 4.69) is 32.6 Å². The molecule has 24 heavy (non-hydrogen) atoms. The van der Waals surface area contributed by atoms with E-state index in [9.17, 15) is 4.79 Å². The first-order valence-corrected chi connectivity index (χ1v) is 9.13. The molecular weight excluding hydrogens is 300 g/mol. The van der Waals surface area contributed by atoms with E-state index in [0.29, 0.717) is 0 Å². The lowest BCUT2D eigenvalue weighted by Gasteiger charge is -2.36. The van der Waals surface area contributed by atoms with Crippen LogP contribution < -0.4 is 15.5 Å². The van der Waals surface area contributed by atoms with Gasteiger partial charge in [0.1, 0.15) is 0 Å². The van der Waals surface area contributed by atoms with Crippen molar-refractivity contribution in [2.45, 2.75) is 26.7 Å². The second-order valence-electron chi connectivity index (χ2n) is 6.83. The largest absolute Gasteiger partial charge is 0.369 e. The van der Waals surface area contributed by atoms with Crippen LogP contribution in [0.2, 0.25) is 0 Å². The Bertz CT molecular complexity index is 510. The molecule has 1 aromatic rings. The predicted octanol–water partition coefficient (Wildman–Crippen LogP) is 2.40. The maximum absolute atomic E-state index is 11.9. The molecule has 0 atom stereocenters. The van der Waals surface area contributed by atoms with E-state index in [1.807, 2.05) is 33.0 Å². The van der Waals surface area contributed by atoms with Gasteiger partial charge in [0, 0.05) is 43.5 Å². The summed E-state index contributed by atoms with van der Waals surface area (Å²) in [6.45, 7) is 10.4. The molecule has 1 heterocycles. The van der Waals surface area contributed by atoms with E-state index in [0.717, 1.165) is 38.4 Å². The average molecular weight is 332 g/mol. The zero-order valence-corrected chi connectivity index (χ0v) is 15.3. The average Bonchev–Trinajstić information content (AvgIpc) is 2.59. The highest BCUT2D eigenvalue weighted by atomic mass is 16.1. The Morgan fingerprint density at radius 3 is 2.58 bits per heavy atom. The van der Waals surface area contributed by atoms with Gasteiger partial charge in [-0.25, -0.2) is 0 Å². The van der Waals surface area contributed by atoms with Crippen molar-refractivity contribution in [1.82, 2.24) is 10.2 Å². The number of piperazine rings is 1. The Kier molecular flexibility index (Phi) is 7.53. The lowest BCUT2D eigenvalue weighted by Crippen LogP contribution is -2.46. The van der Waals surface area contributed by atoms with Crippen molar-refractivity contribution in [2.75, 3.05) is 56.5 Å². The van der Waals surface area contributed by atoms with Crippen LogP contribution in [-0.4, -0.2) is 57.1 Å². The summed E-state index contributed by atoms with van der Waals surface area (Å²) in [7, 11) is 2.01. The number of benzene rings is 1. The van der Waals surface area contributed by atoms with Gasteiger partial charge in [-0.05, 0) is 51.2 Å². The van der Waals surface area contributed by atoms with Crippen molar-refractivity contribution in [3.05, 3.63) is 24.3 Å². The Hall–Kier alpha value is -1.59. The molecule has 0 bridgehead atoms. The Morgan fingerprint density at radius 1 is 1.17 bits per heavy atom. The fraction of sp³-hybridized carbons (Fsp3) is 0.632. The topological polar surface area (TPSA) is 47.6 Å². The number of hydrogen-bond acceptors (Lipinski definition) is 4. The number of hydrogen-bond donors (Lipinski definition) is 2. The van der Waals surface area contributed by atoms with Crippen LogP contribution in [0.1, 0.15) is 26.7 Å². The molecule has 2 N–H and O–H groups in total. The Labute approximate surface area is 146 Å². The first kappa shape index (κ1) is 18.7. The monoisotopic (exact) mass is 332 g/mol. The summed E-state index contributed by atoms with van der Waals surface area (Å²) in [4.78, 5) is 16.8. The molecule has 0 unspecified atom stereocenters. The quantitative estimate of drug-likeness (QED) is 0.718. The van der Waals surface area contributed by atoms with Gasteiger partial charge in [0.15, 0.2) is 0 Å². The first-order valence-electron chi connectivity index (χ1n) is 9.13. The lowest BCUT2D eigenvalue weighted by molar-refractivity contribution is -0.118. The van der Waals surface area contributed by atoms with Crippen LogP contribution in [0.15, 0.2) is 24.3 Å². The summed E-state index contributed by atoms with van der Waals surface area (Å²) in [6, 6.07) is 8.20. The number of rotatable bonds is 8. The van der Waals surface area contributed by atoms with Gasteiger partial charge in [-0.2, -0.15) is 0 Å². The third-order valence-corrected chi connectivity index (χ3v) is 4.53. The first-order chi connectivity index (χ1) is 11.6. The standard InChI is InChI=1S/C19H32N4O/c1-16(2)19(24)21-17-7-6-8-18(15-17)23-13-11-22(12-14-23)10-5-4-9-20-3/h6-8,15-16,20H,4-5,9-14H2,1-3H3,(H,21,24). The molecule has 1 saturated heterocycles. The van der Waals surface area contributed by atoms with E-state index in [1.165, 1.54) is 25.1 Å². The fourth-order valence-corrected chi connectivity index (χ4v) is 2.93. The number of anilines is 2. The minimum Gasteiger partial charge on any atom is -0.369 e. The molecule has 0 aromatic heterocycles. The second-order valence-corrected chi connectivity index (χ2v) is 6.83. The zero-order valence-electron chi connectivity index (χ0n) is 15.3. The van der Waals surface area contributed by atoms with Crippen molar-refractivity contribution in [3.8, 4) is 0 Å². The summed E-state index contributed by atoms with van der Waals surface area (Å²) < 4.78 is 0. The molecule has 5 heteroatoms. The van der Waals surface area contributed by atoms with Crippen LogP contribution in [0.4, 0.5) is 11.4 Å². The highest BCUT2D eigenvalue weighted by Gasteiger charge is 2.17. The molecule has 2 rings (SSSR count). The Morgan fingerprint density at radius 2 is 1.92 bits per heavy atom. The van der Waals surface area contributed by atoms with Crippen molar-refractivity contribution in [3.63, 3.8) is 0 Å². The molecule has 0 aliphatic carbocycles. The zero-order chi connectivity index (χ0) is 17.4. The minimum atomic E-state index is 0.000101. The summed E-state index contributed by atoms with van der Waals surface area (Å²) in [5.41, 5.74) is 2.09. The number of amides is 1. The number of carbonyl (C=O) groups excluding carboxylic acids is 1. The van der Waals surface area contributed by atoms with Crippen LogP contribution in [-0.2, 0) is 4.79 Å². The molecule has 1 fully saturated rings. The predicted molar refractivity (Wildman–Crippen MR) is 102 cm³/mol. The van der Waals surface area contributed by atoms with E-state index < -0.39 is 0 Å². The summed E-state index contributed by atoms with van der Waals surface area (Å²) >= 11 is 0. The van der Waals surface area contributed by atoms with Crippen molar-refractivity contribution >= 4 is 17.3 Å². The van der Waals surface area contributed by atoms with Crippen LogP contribution in [0.5, 0.6) is 0 Å². The van der Waals surface area contributed by atoms with Crippen molar-refractivity contribution in [1.29, 1.82) is 0 Å². The second kappa shape index (κ2) is 9.64. The molecule has 1 amide bonds. The summed E-state index contributed by atoms with van der Waals surface area (Å²) in [6.07, 6.45) is 2.51. The molecular formula is C19H32N4O. The normalized spacial score (nSPS) is 15.8. The van der Waals surface area contributed by atoms with Crippen molar-refractivity contribution in [2.24, 2.45) is 5.92 Å². The van der Waals surface area contributed by atoms with Crippen molar-refractivity contribution < 1.29 is 4.79 Å². The molecule has 5 nitrogen and oxygen atoms in total. The third-order valence-electron chi connectivity index (χ3n) is 4.53. The molecule has 1 aliphatic rings. The highest BCUT2D eigenvalue weighted by Crippen LogP contribution is 2.21. The van der Waals surface area contributed by atoms with Crippen LogP contribution in [0, 0.1) is 5.92 Å². The van der Waals surface area contributed by atoms with Gasteiger partial charge >= 0.3 is 0 Å². The van der Waals surface area contributed by atoms with Gasteiger partial charge in [0.05, 0.1) is 0 Å². The number of nitrogens with one attached hydrogen (secondary N) is 2. The van der Waals surface area contributed by atoms with Crippen LogP contribution in [0.3, 0.4) is 0 Å². The lowest BCUT2D eigenvalue weighted by atomic mass is 10.2. The molecule has 134 valence electrons. The highest BCUT2D eigenvalue weighted by molar-refractivity contribution is 5.92. The van der Waals surface area contributed by atoms with Gasteiger partial charge < -0.3 is 15.5 Å². The molecule has 0 spiro atoms. The molecule has 0 radical (unpaired) electrons. The van der Waals surface area contributed by atoms with Gasteiger partial charge in [-0.3, -0.25) is 9.69 Å². The van der Waals surface area contributed by atoms with Crippen LogP contribution in [0.25, 0.3) is 0 Å². The van der Waals surface area contributed by atoms with E-state index in [4.69, 9.17) is 0 Å². The van der Waals surface area contributed by atoms with E-state index >= 15 is 0 Å². The summed E-state index contributed by atoms with van der Waals surface area (Å²) in [5.74, 6) is 0.0682. The van der Waals surface area contributed by atoms with E-state index in [1.54, 1.807) is 0 Å². The van der Waals surface area contributed by atoms with E-state index in [-0.39, 0.29) is 11.8 Å². The maximum Gasteiger partial charge on any atom is 0.226 e. The fourth-order valence-electron chi connectivity index (χ4n) is 2.93. The molecule has 1 aliphatic heterocycles. The van der Waals surface area contributed by atoms with Gasteiger partial charge in [0.25, 0.3) is 0 Å². The smallest absolute Gasteiger partial charge is 0.226 e. The van der Waals surface area contributed by atoms with Crippen LogP contribution >= 0.6 is 0 Å². The molecule has 0 saturated carbocycles. The van der Waals surface area contributed by atoms with Gasteiger partial charge in [-0.1, -0.05) is 19.9 Å². The number of carbonyl (C=O) groups is 1. The van der Waals surface area contributed by atoms with Gasteiger partial charge in [0.2, 0.25) is 5.91 Å². The van der Waals surface area contributed by atoms with Gasteiger partial charge in [-0.15, -0.1) is 0 Å². The third kappa shape index (κ3) is 5.80.